The molecule has 10 nitrogen and oxygen atoms in total. The summed E-state index contributed by atoms with van der Waals surface area (Å²) in [6.07, 6.45) is 2.47. The number of Topliss-reactive ketones (excluding diaryl/α,β-unsaturated/α-hetero) is 1. The van der Waals surface area contributed by atoms with E-state index in [0.717, 1.165) is 24.8 Å². The number of aryl methyl sites for hydroxylation is 1. The zero-order valence-electron chi connectivity index (χ0n) is 22.4. The number of amides is 2. The monoisotopic (exact) mass is 552 g/mol. The first-order valence-corrected chi connectivity index (χ1v) is 14.2. The molecule has 1 aliphatic rings. The zero-order chi connectivity index (χ0) is 28.3. The van der Waals surface area contributed by atoms with Crippen LogP contribution in [-0.2, 0) is 36.2 Å². The van der Waals surface area contributed by atoms with Crippen LogP contribution in [-0.4, -0.2) is 61.7 Å². The number of carbonyl (C=O) groups is 3. The van der Waals surface area contributed by atoms with Crippen molar-refractivity contribution in [1.29, 1.82) is 0 Å². The lowest BCUT2D eigenvalue weighted by Crippen LogP contribution is -2.53. The van der Waals surface area contributed by atoms with E-state index in [1.165, 1.54) is 12.1 Å². The Morgan fingerprint density at radius 1 is 1.24 bits per heavy atom. The van der Waals surface area contributed by atoms with Gasteiger partial charge in [-0.05, 0) is 63.3 Å². The Hall–Kier alpha value is -2.83. The molecule has 3 rings (SSSR count). The summed E-state index contributed by atoms with van der Waals surface area (Å²) in [4.78, 5) is 38.4. The molecule has 3 N–H and O–H groups in total. The second-order valence-electron chi connectivity index (χ2n) is 10.6. The number of nitrogens with zero attached hydrogens (tertiary/aromatic N) is 1. The average Bonchev–Trinajstić information content (AvgIpc) is 3.40. The highest BCUT2D eigenvalue weighted by Crippen LogP contribution is 2.22. The van der Waals surface area contributed by atoms with E-state index in [1.807, 2.05) is 31.7 Å². The molecule has 1 aliphatic heterocycles. The number of carbonyl (C=O) groups excluding carboxylic acids is 3. The average molecular weight is 553 g/mol. The third-order valence-corrected chi connectivity index (χ3v) is 7.90. The van der Waals surface area contributed by atoms with Gasteiger partial charge in [-0.15, -0.1) is 0 Å². The molecule has 0 radical (unpaired) electrons. The highest BCUT2D eigenvalue weighted by Gasteiger charge is 2.35. The van der Waals surface area contributed by atoms with E-state index in [4.69, 9.17) is 4.74 Å². The van der Waals surface area contributed by atoms with Gasteiger partial charge in [0.1, 0.15) is 12.6 Å². The molecule has 2 aromatic rings. The largest absolute Gasteiger partial charge is 0.356 e. The van der Waals surface area contributed by atoms with E-state index in [1.54, 1.807) is 12.1 Å². The number of alkyl halides is 1. The van der Waals surface area contributed by atoms with Gasteiger partial charge in [-0.1, -0.05) is 13.8 Å². The van der Waals surface area contributed by atoms with Crippen molar-refractivity contribution < 1.29 is 31.9 Å². The van der Waals surface area contributed by atoms with Crippen molar-refractivity contribution in [2.24, 2.45) is 18.9 Å². The molecule has 0 bridgehead atoms. The van der Waals surface area contributed by atoms with E-state index >= 15 is 0 Å². The fourth-order valence-electron chi connectivity index (χ4n) is 4.40. The standard InChI is InChI=1S/C26H37FN4O6S/c1-16(2)12-21(30-38(35,36)19-6-7-22-17(13-19)9-11-31(22)5)25(34)29-20(14-18-8-10-28-24(18)33)23(32)15-37-26(3,4)27/h6-7,9,11,13,16,18,20-21,30H,8,10,12,14-15H2,1-5H3,(H,28,33)(H,29,34)/t18-,20-,21-/m0/s1. The Balaban J connectivity index is 1.81. The van der Waals surface area contributed by atoms with Crippen molar-refractivity contribution in [3.63, 3.8) is 0 Å². The van der Waals surface area contributed by atoms with Gasteiger partial charge in [0, 0.05) is 36.6 Å². The summed E-state index contributed by atoms with van der Waals surface area (Å²) in [6.45, 7) is 5.83. The highest BCUT2D eigenvalue weighted by atomic mass is 32.2. The number of benzene rings is 1. The van der Waals surface area contributed by atoms with Crippen molar-refractivity contribution in [3.8, 4) is 0 Å². The Morgan fingerprint density at radius 2 is 1.95 bits per heavy atom. The molecule has 0 saturated carbocycles. The molecule has 1 aromatic carbocycles. The number of rotatable bonds is 13. The van der Waals surface area contributed by atoms with Crippen molar-refractivity contribution in [3.05, 3.63) is 30.5 Å². The van der Waals surface area contributed by atoms with Gasteiger partial charge in [0.05, 0.1) is 10.9 Å². The summed E-state index contributed by atoms with van der Waals surface area (Å²) in [7, 11) is -2.24. The Bertz CT molecular complexity index is 1280. The van der Waals surface area contributed by atoms with Crippen LogP contribution in [0.25, 0.3) is 10.9 Å². The van der Waals surface area contributed by atoms with Crippen LogP contribution in [0.4, 0.5) is 4.39 Å². The predicted octanol–water partition coefficient (Wildman–Crippen LogP) is 2.17. The zero-order valence-corrected chi connectivity index (χ0v) is 23.2. The first-order valence-electron chi connectivity index (χ1n) is 12.7. The normalized spacial score (nSPS) is 18.0. The van der Waals surface area contributed by atoms with E-state index in [9.17, 15) is 27.2 Å². The van der Waals surface area contributed by atoms with Gasteiger partial charge in [0.15, 0.2) is 5.78 Å². The third kappa shape index (κ3) is 7.84. The van der Waals surface area contributed by atoms with E-state index < -0.39 is 52.2 Å². The smallest absolute Gasteiger partial charge is 0.241 e. The summed E-state index contributed by atoms with van der Waals surface area (Å²) in [5.74, 6) is -4.19. The molecule has 2 heterocycles. The van der Waals surface area contributed by atoms with Crippen molar-refractivity contribution in [2.75, 3.05) is 13.2 Å². The summed E-state index contributed by atoms with van der Waals surface area (Å²) < 4.78 is 49.7. The molecule has 1 saturated heterocycles. The van der Waals surface area contributed by atoms with Gasteiger partial charge >= 0.3 is 0 Å². The second-order valence-corrected chi connectivity index (χ2v) is 12.4. The molecule has 0 aliphatic carbocycles. The maximum Gasteiger partial charge on any atom is 0.241 e. The van der Waals surface area contributed by atoms with Gasteiger partial charge in [-0.3, -0.25) is 14.4 Å². The van der Waals surface area contributed by atoms with Gasteiger partial charge in [-0.2, -0.15) is 4.72 Å². The minimum atomic E-state index is -4.09. The fourth-order valence-corrected chi connectivity index (χ4v) is 5.65. The first kappa shape index (κ1) is 29.7. The van der Waals surface area contributed by atoms with Gasteiger partial charge in [-0.25, -0.2) is 12.8 Å². The number of hydrogen-bond donors (Lipinski definition) is 3. The van der Waals surface area contributed by atoms with Crippen molar-refractivity contribution >= 4 is 38.5 Å². The Morgan fingerprint density at radius 3 is 2.55 bits per heavy atom. The molecule has 1 aromatic heterocycles. The maximum absolute atomic E-state index is 13.9. The summed E-state index contributed by atoms with van der Waals surface area (Å²) >= 11 is 0. The molecule has 12 heteroatoms. The second kappa shape index (κ2) is 11.9. The molecule has 1 fully saturated rings. The van der Waals surface area contributed by atoms with Gasteiger partial charge in [0.2, 0.25) is 27.7 Å². The molecule has 210 valence electrons. The number of fused-ring (bicyclic) bond motifs is 1. The van der Waals surface area contributed by atoms with Gasteiger partial charge in [0.25, 0.3) is 0 Å². The van der Waals surface area contributed by atoms with Crippen LogP contribution in [0.15, 0.2) is 35.4 Å². The Labute approximate surface area is 222 Å². The van der Waals surface area contributed by atoms with Gasteiger partial charge < -0.3 is 19.9 Å². The summed E-state index contributed by atoms with van der Waals surface area (Å²) in [5, 5.41) is 6.03. The Kier molecular flexibility index (Phi) is 9.32. The fraction of sp³-hybridized carbons (Fsp3) is 0.577. The maximum atomic E-state index is 13.9. The van der Waals surface area contributed by atoms with Crippen molar-refractivity contribution in [1.82, 2.24) is 19.9 Å². The van der Waals surface area contributed by atoms with Crippen LogP contribution in [0, 0.1) is 11.8 Å². The number of aromatic nitrogens is 1. The lowest BCUT2D eigenvalue weighted by Gasteiger charge is -2.25. The molecule has 38 heavy (non-hydrogen) atoms. The third-order valence-electron chi connectivity index (χ3n) is 6.43. The molecular formula is C26H37FN4O6S. The molecule has 3 atom stereocenters. The summed E-state index contributed by atoms with van der Waals surface area (Å²) in [6, 6.07) is 4.15. The van der Waals surface area contributed by atoms with E-state index in [0.29, 0.717) is 13.0 Å². The van der Waals surface area contributed by atoms with Crippen LogP contribution in [0.5, 0.6) is 0 Å². The summed E-state index contributed by atoms with van der Waals surface area (Å²) in [5.41, 5.74) is 0.858. The highest BCUT2D eigenvalue weighted by molar-refractivity contribution is 7.89. The van der Waals surface area contributed by atoms with Crippen LogP contribution >= 0.6 is 0 Å². The first-order chi connectivity index (χ1) is 17.7. The lowest BCUT2D eigenvalue weighted by molar-refractivity contribution is -0.149. The number of ether oxygens (including phenoxy) is 1. The number of nitrogens with one attached hydrogen (secondary N) is 3. The molecule has 0 unspecified atom stereocenters. The molecule has 0 spiro atoms. The molecular weight excluding hydrogens is 515 g/mol. The van der Waals surface area contributed by atoms with Crippen LogP contribution in [0.1, 0.15) is 47.0 Å². The van der Waals surface area contributed by atoms with E-state index in [2.05, 4.69) is 15.4 Å². The minimum Gasteiger partial charge on any atom is -0.356 e. The number of ketones is 1. The van der Waals surface area contributed by atoms with E-state index in [-0.39, 0.29) is 29.6 Å². The number of sulfonamides is 1. The van der Waals surface area contributed by atoms with Crippen LogP contribution in [0.3, 0.4) is 0 Å². The predicted molar refractivity (Wildman–Crippen MR) is 140 cm³/mol. The number of halogens is 1. The van der Waals surface area contributed by atoms with Crippen LogP contribution in [0.2, 0.25) is 0 Å². The van der Waals surface area contributed by atoms with Crippen LogP contribution < -0.4 is 15.4 Å². The number of hydrogen-bond acceptors (Lipinski definition) is 6. The quantitative estimate of drug-likeness (QED) is 0.349. The SMILES string of the molecule is CC(C)C[C@H](NS(=O)(=O)c1ccc2c(ccn2C)c1)C(=O)N[C@@H](C[C@@H]1CCNC1=O)C(=O)COC(C)(C)F. The minimum absolute atomic E-state index is 0.00168. The van der Waals surface area contributed by atoms with Crippen molar-refractivity contribution in [2.45, 2.75) is 69.8 Å². The topological polar surface area (TPSA) is 136 Å². The molecule has 2 amide bonds. The lowest BCUT2D eigenvalue weighted by atomic mass is 9.95.